The zero-order valence-electron chi connectivity index (χ0n) is 7.05. The highest BCUT2D eigenvalue weighted by Gasteiger charge is 2.07. The van der Waals surface area contributed by atoms with Gasteiger partial charge in [0.05, 0.1) is 10.9 Å². The fourth-order valence-corrected chi connectivity index (χ4v) is 1.06. The molecule has 0 atom stereocenters. The summed E-state index contributed by atoms with van der Waals surface area (Å²) in [7, 11) is 0. The first-order valence-corrected chi connectivity index (χ1v) is 4.83. The van der Waals surface area contributed by atoms with E-state index < -0.39 is 11.6 Å². The lowest BCUT2D eigenvalue weighted by Crippen LogP contribution is -1.88. The maximum atomic E-state index is 13.0. The van der Waals surface area contributed by atoms with Crippen molar-refractivity contribution in [3.63, 3.8) is 0 Å². The van der Waals surface area contributed by atoms with E-state index >= 15 is 0 Å². The first-order chi connectivity index (χ1) is 6.69. The molecule has 0 aliphatic heterocycles. The summed E-state index contributed by atoms with van der Waals surface area (Å²) in [5, 5.41) is 9.55. The van der Waals surface area contributed by atoms with Gasteiger partial charge in [-0.05, 0) is 12.1 Å². The second-order valence-electron chi connectivity index (χ2n) is 2.45. The molecule has 0 aromatic heterocycles. The zero-order chi connectivity index (χ0) is 10.6. The quantitative estimate of drug-likeness (QED) is 0.475. The number of alkyl halides is 1. The molecule has 0 heterocycles. The van der Waals surface area contributed by atoms with Crippen LogP contribution in [-0.4, -0.2) is 16.7 Å². The van der Waals surface area contributed by atoms with Gasteiger partial charge in [0, 0.05) is 5.56 Å². The Labute approximate surface area is 88.9 Å². The monoisotopic (exact) mass is 256 g/mol. The molecule has 0 unspecified atom stereocenters. The molecule has 0 aliphatic rings. The molecule has 1 N–H and O–H groups in total. The molecule has 72 valence electrons. The van der Waals surface area contributed by atoms with Crippen molar-refractivity contribution in [1.29, 1.82) is 0 Å². The third-order valence-electron chi connectivity index (χ3n) is 1.52. The van der Waals surface area contributed by atoms with Gasteiger partial charge in [-0.2, -0.15) is 0 Å². The average Bonchev–Trinajstić information content (AvgIpc) is 2.19. The molecule has 0 spiro atoms. The Morgan fingerprint density at radius 3 is 2.86 bits per heavy atom. The summed E-state index contributed by atoms with van der Waals surface area (Å²) in [4.78, 5) is 10.4. The molecule has 0 bridgehead atoms. The van der Waals surface area contributed by atoms with Crippen LogP contribution < -0.4 is 0 Å². The molecular weight excluding hydrogens is 251 g/mol. The van der Waals surface area contributed by atoms with Crippen molar-refractivity contribution in [3.8, 4) is 17.6 Å². The van der Waals surface area contributed by atoms with E-state index in [1.54, 1.807) is 0 Å². The number of benzene rings is 1. The number of hydrogen-bond acceptors (Lipinski definition) is 2. The molecule has 4 heteroatoms. The summed E-state index contributed by atoms with van der Waals surface area (Å²) in [6.07, 6.45) is 0.387. The van der Waals surface area contributed by atoms with Crippen LogP contribution in [0.4, 0.5) is 4.39 Å². The summed E-state index contributed by atoms with van der Waals surface area (Å²) >= 11 is 3.09. The van der Waals surface area contributed by atoms with Crippen LogP contribution in [0, 0.1) is 17.7 Å². The van der Waals surface area contributed by atoms with Crippen LogP contribution in [0.3, 0.4) is 0 Å². The standard InChI is InChI=1S/C10H6BrFO2/c11-3-1-2-7-4-8(6-13)10(14)9(12)5-7/h4-6,14H,3H2. The number of aldehydes is 1. The third-order valence-corrected chi connectivity index (χ3v) is 1.80. The Bertz CT molecular complexity index is 418. The van der Waals surface area contributed by atoms with Crippen molar-refractivity contribution in [3.05, 3.63) is 29.1 Å². The number of phenolic OH excluding ortho intramolecular Hbond substituents is 1. The van der Waals surface area contributed by atoms with Crippen LogP contribution in [0.15, 0.2) is 12.1 Å². The van der Waals surface area contributed by atoms with Gasteiger partial charge in [0.15, 0.2) is 17.9 Å². The van der Waals surface area contributed by atoms with Crippen LogP contribution in [0.5, 0.6) is 5.75 Å². The molecule has 2 nitrogen and oxygen atoms in total. The van der Waals surface area contributed by atoms with E-state index in [0.29, 0.717) is 17.2 Å². The second kappa shape index (κ2) is 4.77. The molecule has 1 aromatic rings. The minimum absolute atomic E-state index is 0.0936. The normalized spacial score (nSPS) is 9.00. The number of rotatable bonds is 1. The predicted molar refractivity (Wildman–Crippen MR) is 54.1 cm³/mol. The lowest BCUT2D eigenvalue weighted by atomic mass is 10.1. The first kappa shape index (κ1) is 10.7. The van der Waals surface area contributed by atoms with Crippen molar-refractivity contribution >= 4 is 22.2 Å². The Kier molecular flexibility index (Phi) is 3.66. The maximum Gasteiger partial charge on any atom is 0.166 e. The van der Waals surface area contributed by atoms with Gasteiger partial charge in [-0.3, -0.25) is 4.79 Å². The third kappa shape index (κ3) is 2.33. The van der Waals surface area contributed by atoms with E-state index in [4.69, 9.17) is 5.11 Å². The van der Waals surface area contributed by atoms with Crippen molar-refractivity contribution < 1.29 is 14.3 Å². The SMILES string of the molecule is O=Cc1cc(C#CCBr)cc(F)c1O. The predicted octanol–water partition coefficient (Wildman–Crippen LogP) is 2.09. The van der Waals surface area contributed by atoms with Gasteiger partial charge in [-0.25, -0.2) is 4.39 Å². The van der Waals surface area contributed by atoms with Crippen LogP contribution in [-0.2, 0) is 0 Å². The molecule has 0 saturated heterocycles. The number of hydrogen-bond donors (Lipinski definition) is 1. The molecule has 0 aliphatic carbocycles. The van der Waals surface area contributed by atoms with Crippen LogP contribution >= 0.6 is 15.9 Å². The topological polar surface area (TPSA) is 37.3 Å². The lowest BCUT2D eigenvalue weighted by Gasteiger charge is -1.99. The molecule has 0 radical (unpaired) electrons. The van der Waals surface area contributed by atoms with E-state index in [1.807, 2.05) is 0 Å². The molecule has 0 amide bonds. The lowest BCUT2D eigenvalue weighted by molar-refractivity contribution is 0.112. The zero-order valence-corrected chi connectivity index (χ0v) is 8.64. The van der Waals surface area contributed by atoms with Crippen molar-refractivity contribution in [2.24, 2.45) is 0 Å². The van der Waals surface area contributed by atoms with E-state index in [9.17, 15) is 9.18 Å². The summed E-state index contributed by atoms with van der Waals surface area (Å²) in [6, 6.07) is 2.42. The van der Waals surface area contributed by atoms with Crippen LogP contribution in [0.1, 0.15) is 15.9 Å². The number of carbonyl (C=O) groups is 1. The number of carbonyl (C=O) groups excluding carboxylic acids is 1. The molecule has 1 rings (SSSR count). The highest BCUT2D eigenvalue weighted by atomic mass is 79.9. The van der Waals surface area contributed by atoms with E-state index in [2.05, 4.69) is 27.8 Å². The summed E-state index contributed by atoms with van der Waals surface area (Å²) in [5.74, 6) is 3.82. The fourth-order valence-electron chi connectivity index (χ4n) is 0.918. The van der Waals surface area contributed by atoms with Crippen LogP contribution in [0.2, 0.25) is 0 Å². The van der Waals surface area contributed by atoms with Gasteiger partial charge >= 0.3 is 0 Å². The largest absolute Gasteiger partial charge is 0.504 e. The van der Waals surface area contributed by atoms with E-state index in [1.165, 1.54) is 6.07 Å². The number of phenols is 1. The Balaban J connectivity index is 3.22. The highest BCUT2D eigenvalue weighted by Crippen LogP contribution is 2.21. The average molecular weight is 257 g/mol. The number of aromatic hydroxyl groups is 1. The van der Waals surface area contributed by atoms with Gasteiger partial charge in [0.1, 0.15) is 0 Å². The van der Waals surface area contributed by atoms with Crippen LogP contribution in [0.25, 0.3) is 0 Å². The Morgan fingerprint density at radius 2 is 2.29 bits per heavy atom. The smallest absolute Gasteiger partial charge is 0.166 e. The first-order valence-electron chi connectivity index (χ1n) is 3.71. The molecule has 1 aromatic carbocycles. The van der Waals surface area contributed by atoms with Gasteiger partial charge in [0.2, 0.25) is 0 Å². The highest BCUT2D eigenvalue weighted by molar-refractivity contribution is 9.09. The summed E-state index contributed by atoms with van der Waals surface area (Å²) in [5.41, 5.74) is 0.269. The molecule has 14 heavy (non-hydrogen) atoms. The molecule has 0 saturated carbocycles. The Morgan fingerprint density at radius 1 is 1.57 bits per heavy atom. The van der Waals surface area contributed by atoms with Gasteiger partial charge in [-0.15, -0.1) is 0 Å². The van der Waals surface area contributed by atoms with E-state index in [-0.39, 0.29) is 5.56 Å². The van der Waals surface area contributed by atoms with Gasteiger partial charge in [-0.1, -0.05) is 27.8 Å². The molecular formula is C10H6BrFO2. The maximum absolute atomic E-state index is 13.0. The summed E-state index contributed by atoms with van der Waals surface area (Å²) in [6.45, 7) is 0. The summed E-state index contributed by atoms with van der Waals surface area (Å²) < 4.78 is 13.0. The second-order valence-corrected chi connectivity index (χ2v) is 3.01. The fraction of sp³-hybridized carbons (Fsp3) is 0.100. The van der Waals surface area contributed by atoms with Gasteiger partial charge in [0.25, 0.3) is 0 Å². The van der Waals surface area contributed by atoms with E-state index in [0.717, 1.165) is 6.07 Å². The van der Waals surface area contributed by atoms with Crippen molar-refractivity contribution in [1.82, 2.24) is 0 Å². The van der Waals surface area contributed by atoms with Crippen molar-refractivity contribution in [2.75, 3.05) is 5.33 Å². The Hall–Kier alpha value is -1.34. The minimum atomic E-state index is -0.839. The van der Waals surface area contributed by atoms with Gasteiger partial charge < -0.3 is 5.11 Å². The minimum Gasteiger partial charge on any atom is -0.504 e. The number of halogens is 2. The van der Waals surface area contributed by atoms with Crippen molar-refractivity contribution in [2.45, 2.75) is 0 Å². The molecule has 0 fully saturated rings.